The van der Waals surface area contributed by atoms with Crippen LogP contribution in [-0.4, -0.2) is 37.7 Å². The van der Waals surface area contributed by atoms with E-state index in [0.29, 0.717) is 6.04 Å². The zero-order chi connectivity index (χ0) is 14.5. The van der Waals surface area contributed by atoms with Gasteiger partial charge in [0, 0.05) is 19.1 Å². The topological polar surface area (TPSA) is 38.5 Å². The Kier molecular flexibility index (Phi) is 5.44. The highest BCUT2D eigenvalue weighted by Crippen LogP contribution is 2.34. The molecule has 1 fully saturated rings. The molecule has 0 bridgehead atoms. The van der Waals surface area contributed by atoms with Gasteiger partial charge in [0.1, 0.15) is 5.75 Å². The van der Waals surface area contributed by atoms with Crippen LogP contribution in [0.4, 0.5) is 0 Å². The minimum Gasteiger partial charge on any atom is -0.493 e. The Morgan fingerprint density at radius 1 is 1.35 bits per heavy atom. The predicted molar refractivity (Wildman–Crippen MR) is 84.2 cm³/mol. The molecule has 0 radical (unpaired) electrons. The van der Waals surface area contributed by atoms with Gasteiger partial charge in [-0.05, 0) is 63.3 Å². The maximum absolute atomic E-state index is 5.90. The minimum absolute atomic E-state index is 0.565. The summed E-state index contributed by atoms with van der Waals surface area (Å²) in [5, 5.41) is 0. The van der Waals surface area contributed by atoms with Crippen LogP contribution in [0.25, 0.3) is 0 Å². The number of aryl methyl sites for hydroxylation is 2. The molecule has 0 spiro atoms. The second-order valence-corrected chi connectivity index (χ2v) is 6.09. The number of hydrogen-bond donors (Lipinski definition) is 1. The Labute approximate surface area is 123 Å². The summed E-state index contributed by atoms with van der Waals surface area (Å²) in [6.45, 7) is 6.80. The molecule has 1 unspecified atom stereocenters. The van der Waals surface area contributed by atoms with Crippen molar-refractivity contribution in [3.8, 4) is 5.75 Å². The molecule has 0 aromatic heterocycles. The van der Waals surface area contributed by atoms with Crippen molar-refractivity contribution >= 4 is 0 Å². The molecule has 20 heavy (non-hydrogen) atoms. The van der Waals surface area contributed by atoms with Gasteiger partial charge in [0.05, 0.1) is 6.61 Å². The molecule has 0 saturated heterocycles. The fourth-order valence-corrected chi connectivity index (χ4v) is 2.74. The van der Waals surface area contributed by atoms with Crippen LogP contribution >= 0.6 is 0 Å². The van der Waals surface area contributed by atoms with Gasteiger partial charge in [0.15, 0.2) is 0 Å². The van der Waals surface area contributed by atoms with Gasteiger partial charge in [-0.2, -0.15) is 0 Å². The van der Waals surface area contributed by atoms with E-state index >= 15 is 0 Å². The number of nitrogens with zero attached hydrogens (tertiary/aromatic N) is 1. The highest BCUT2D eigenvalue weighted by Gasteiger charge is 2.32. The summed E-state index contributed by atoms with van der Waals surface area (Å²) >= 11 is 0. The summed E-state index contributed by atoms with van der Waals surface area (Å²) in [4.78, 5) is 2.41. The van der Waals surface area contributed by atoms with E-state index in [0.717, 1.165) is 37.8 Å². The molecule has 1 aliphatic carbocycles. The zero-order valence-electron chi connectivity index (χ0n) is 13.1. The van der Waals surface area contributed by atoms with Crippen LogP contribution in [-0.2, 0) is 0 Å². The van der Waals surface area contributed by atoms with Crippen LogP contribution in [0, 0.1) is 19.8 Å². The Balaban J connectivity index is 1.71. The number of hydrogen-bond acceptors (Lipinski definition) is 3. The van der Waals surface area contributed by atoms with Gasteiger partial charge in [-0.15, -0.1) is 0 Å². The van der Waals surface area contributed by atoms with E-state index in [1.165, 1.54) is 24.0 Å². The van der Waals surface area contributed by atoms with Crippen molar-refractivity contribution in [2.45, 2.75) is 39.2 Å². The third-order valence-corrected chi connectivity index (χ3v) is 4.23. The minimum atomic E-state index is 0.565. The summed E-state index contributed by atoms with van der Waals surface area (Å²) in [6.07, 6.45) is 3.75. The SMILES string of the molecule is Cc1ccc(C)c(OCCCN(C)C(CN)C2CC2)c1. The molecule has 0 aliphatic heterocycles. The molecule has 3 heteroatoms. The molecular formula is C17H28N2O. The molecule has 2 rings (SSSR count). The Bertz CT molecular complexity index is 429. The van der Waals surface area contributed by atoms with Crippen molar-refractivity contribution in [2.75, 3.05) is 26.7 Å². The molecule has 0 heterocycles. The second-order valence-electron chi connectivity index (χ2n) is 6.09. The first-order chi connectivity index (χ1) is 9.61. The van der Waals surface area contributed by atoms with Crippen molar-refractivity contribution in [1.29, 1.82) is 0 Å². The average Bonchev–Trinajstić information content (AvgIpc) is 3.24. The lowest BCUT2D eigenvalue weighted by molar-refractivity contribution is 0.200. The quantitative estimate of drug-likeness (QED) is 0.742. The molecule has 3 nitrogen and oxygen atoms in total. The molecule has 1 atom stereocenters. The second kappa shape index (κ2) is 7.09. The lowest BCUT2D eigenvalue weighted by Gasteiger charge is -2.26. The van der Waals surface area contributed by atoms with Gasteiger partial charge >= 0.3 is 0 Å². The van der Waals surface area contributed by atoms with E-state index in [1.807, 2.05) is 0 Å². The number of benzene rings is 1. The normalized spacial score (nSPS) is 16.4. The predicted octanol–water partition coefficient (Wildman–Crippen LogP) is 2.74. The van der Waals surface area contributed by atoms with Crippen LogP contribution < -0.4 is 10.5 Å². The number of rotatable bonds is 8. The van der Waals surface area contributed by atoms with Crippen LogP contribution in [0.2, 0.25) is 0 Å². The monoisotopic (exact) mass is 276 g/mol. The first kappa shape index (κ1) is 15.3. The first-order valence-corrected chi connectivity index (χ1v) is 7.72. The summed E-state index contributed by atoms with van der Waals surface area (Å²) in [7, 11) is 2.19. The van der Waals surface area contributed by atoms with Gasteiger partial charge in [0.2, 0.25) is 0 Å². The lowest BCUT2D eigenvalue weighted by Crippen LogP contribution is -2.40. The van der Waals surface area contributed by atoms with Crippen LogP contribution in [0.5, 0.6) is 5.75 Å². The standard InChI is InChI=1S/C17H28N2O/c1-13-5-6-14(2)17(11-13)20-10-4-9-19(3)16(12-18)15-7-8-15/h5-6,11,15-16H,4,7-10,12,18H2,1-3H3. The van der Waals surface area contributed by atoms with Gasteiger partial charge < -0.3 is 15.4 Å². The largest absolute Gasteiger partial charge is 0.493 e. The maximum Gasteiger partial charge on any atom is 0.122 e. The van der Waals surface area contributed by atoms with E-state index in [4.69, 9.17) is 10.5 Å². The van der Waals surface area contributed by atoms with Gasteiger partial charge in [-0.1, -0.05) is 12.1 Å². The average molecular weight is 276 g/mol. The Morgan fingerprint density at radius 3 is 2.75 bits per heavy atom. The third kappa shape index (κ3) is 4.22. The summed E-state index contributed by atoms with van der Waals surface area (Å²) in [5.74, 6) is 1.86. The van der Waals surface area contributed by atoms with E-state index in [2.05, 4.69) is 44.0 Å². The molecule has 112 valence electrons. The van der Waals surface area contributed by atoms with E-state index in [9.17, 15) is 0 Å². The van der Waals surface area contributed by atoms with Crippen molar-refractivity contribution in [3.63, 3.8) is 0 Å². The van der Waals surface area contributed by atoms with Crippen LogP contribution in [0.3, 0.4) is 0 Å². The highest BCUT2D eigenvalue weighted by atomic mass is 16.5. The van der Waals surface area contributed by atoms with Gasteiger partial charge in [-0.3, -0.25) is 0 Å². The van der Waals surface area contributed by atoms with E-state index < -0.39 is 0 Å². The zero-order valence-corrected chi connectivity index (χ0v) is 13.1. The molecule has 1 aliphatic rings. The van der Waals surface area contributed by atoms with E-state index in [1.54, 1.807) is 0 Å². The maximum atomic E-state index is 5.90. The summed E-state index contributed by atoms with van der Waals surface area (Å²) in [5.41, 5.74) is 8.33. The smallest absolute Gasteiger partial charge is 0.122 e. The van der Waals surface area contributed by atoms with Gasteiger partial charge in [0.25, 0.3) is 0 Å². The number of likely N-dealkylation sites (N-methyl/N-ethyl adjacent to an activating group) is 1. The third-order valence-electron chi connectivity index (χ3n) is 4.23. The fourth-order valence-electron chi connectivity index (χ4n) is 2.74. The molecule has 2 N–H and O–H groups in total. The van der Waals surface area contributed by atoms with Gasteiger partial charge in [-0.25, -0.2) is 0 Å². The van der Waals surface area contributed by atoms with Crippen molar-refractivity contribution in [1.82, 2.24) is 4.90 Å². The molecular weight excluding hydrogens is 248 g/mol. The first-order valence-electron chi connectivity index (χ1n) is 7.72. The molecule has 1 aromatic rings. The Morgan fingerprint density at radius 2 is 2.10 bits per heavy atom. The van der Waals surface area contributed by atoms with Crippen molar-refractivity contribution in [2.24, 2.45) is 11.7 Å². The highest BCUT2D eigenvalue weighted by molar-refractivity contribution is 5.35. The Hall–Kier alpha value is -1.06. The molecule has 1 saturated carbocycles. The van der Waals surface area contributed by atoms with Crippen molar-refractivity contribution in [3.05, 3.63) is 29.3 Å². The van der Waals surface area contributed by atoms with Crippen molar-refractivity contribution < 1.29 is 4.74 Å². The van der Waals surface area contributed by atoms with E-state index in [-0.39, 0.29) is 0 Å². The molecule has 0 amide bonds. The number of ether oxygens (including phenoxy) is 1. The number of nitrogens with two attached hydrogens (primary N) is 1. The summed E-state index contributed by atoms with van der Waals surface area (Å²) < 4.78 is 5.90. The lowest BCUT2D eigenvalue weighted by atomic mass is 10.1. The summed E-state index contributed by atoms with van der Waals surface area (Å²) in [6, 6.07) is 6.92. The van der Waals surface area contributed by atoms with Crippen LogP contribution in [0.1, 0.15) is 30.4 Å². The van der Waals surface area contributed by atoms with Crippen LogP contribution in [0.15, 0.2) is 18.2 Å². The fraction of sp³-hybridized carbons (Fsp3) is 0.647. The molecule has 1 aromatic carbocycles.